The molecule has 1 saturated heterocycles. The highest BCUT2D eigenvalue weighted by molar-refractivity contribution is 8.09. The van der Waals surface area contributed by atoms with Crippen molar-refractivity contribution in [3.8, 4) is 0 Å². The summed E-state index contributed by atoms with van der Waals surface area (Å²) in [7, 11) is -4.19. The van der Waals surface area contributed by atoms with Gasteiger partial charge >= 0.3 is 7.12 Å². The predicted octanol–water partition coefficient (Wildman–Crippen LogP) is 2.44. The van der Waals surface area contributed by atoms with Crippen molar-refractivity contribution < 1.29 is 22.5 Å². The lowest BCUT2D eigenvalue weighted by Crippen LogP contribution is -2.41. The van der Waals surface area contributed by atoms with Crippen LogP contribution in [-0.2, 0) is 19.3 Å². The molecule has 0 aliphatic carbocycles. The molecule has 0 N–H and O–H groups in total. The van der Waals surface area contributed by atoms with Crippen molar-refractivity contribution in [1.29, 1.82) is 0 Å². The molecule has 1 aromatic rings. The van der Waals surface area contributed by atoms with Crippen molar-refractivity contribution >= 4 is 40.5 Å². The number of rotatable bonds is 5. The summed E-state index contributed by atoms with van der Waals surface area (Å²) in [5.74, 6) is -0.563. The molecule has 0 atom stereocenters. The Hall–Kier alpha value is -1.03. The maximum Gasteiger partial charge on any atom is 0.494 e. The first-order chi connectivity index (χ1) is 11.7. The van der Waals surface area contributed by atoms with Crippen molar-refractivity contribution in [3.05, 3.63) is 29.8 Å². The van der Waals surface area contributed by atoms with Gasteiger partial charge in [-0.05, 0) is 57.2 Å². The second kappa shape index (κ2) is 7.18. The average Bonchev–Trinajstić information content (AvgIpc) is 2.71. The summed E-state index contributed by atoms with van der Waals surface area (Å²) in [6, 6.07) is 6.66. The van der Waals surface area contributed by atoms with E-state index < -0.39 is 34.3 Å². The van der Waals surface area contributed by atoms with Crippen LogP contribution < -0.4 is 5.46 Å². The first-order valence-corrected chi connectivity index (χ1v) is 11.1. The number of carbonyl (C=O) groups is 1. The van der Waals surface area contributed by atoms with Gasteiger partial charge in [-0.3, -0.25) is 4.79 Å². The number of carbonyl (C=O) groups excluding carboxylic acids is 1. The summed E-state index contributed by atoms with van der Waals surface area (Å²) in [5, 5.41) is -0.0438. The van der Waals surface area contributed by atoms with Gasteiger partial charge < -0.3 is 9.31 Å². The maximum absolute atomic E-state index is 12.6. The van der Waals surface area contributed by atoms with Crippen molar-refractivity contribution in [3.63, 3.8) is 0 Å². The SMILES string of the molecule is CC(C)SN(C(=O)c1ccc(B2OC(C)(C)C(C)(C)O2)cc1)S(C)(=O)=O. The zero-order chi connectivity index (χ0) is 19.9. The van der Waals surface area contributed by atoms with Crippen LogP contribution in [0.25, 0.3) is 0 Å². The summed E-state index contributed by atoms with van der Waals surface area (Å²) >= 11 is 0.985. The number of hydrogen-bond donors (Lipinski definition) is 0. The van der Waals surface area contributed by atoms with Gasteiger partial charge in [0.1, 0.15) is 0 Å². The van der Waals surface area contributed by atoms with Gasteiger partial charge in [0.15, 0.2) is 0 Å². The van der Waals surface area contributed by atoms with Crippen LogP contribution in [-0.4, -0.2) is 47.9 Å². The Morgan fingerprint density at radius 1 is 1.08 bits per heavy atom. The second-order valence-electron chi connectivity index (χ2n) is 7.66. The zero-order valence-corrected chi connectivity index (χ0v) is 17.9. The number of hydrogen-bond acceptors (Lipinski definition) is 6. The molecule has 1 aliphatic heterocycles. The first-order valence-electron chi connectivity index (χ1n) is 8.41. The van der Waals surface area contributed by atoms with E-state index in [-0.39, 0.29) is 5.25 Å². The lowest BCUT2D eigenvalue weighted by molar-refractivity contribution is 0.00578. The van der Waals surface area contributed by atoms with Crippen molar-refractivity contribution in [2.45, 2.75) is 58.0 Å². The highest BCUT2D eigenvalue weighted by Crippen LogP contribution is 2.36. The summed E-state index contributed by atoms with van der Waals surface area (Å²) < 4.78 is 36.7. The molecule has 0 radical (unpaired) electrons. The first kappa shape index (κ1) is 21.3. The Kier molecular flexibility index (Phi) is 5.88. The van der Waals surface area contributed by atoms with E-state index in [0.29, 0.717) is 5.56 Å². The molecule has 1 fully saturated rings. The molecule has 1 heterocycles. The molecule has 1 aliphatic rings. The predicted molar refractivity (Wildman–Crippen MR) is 106 cm³/mol. The Bertz CT molecular complexity index is 759. The van der Waals surface area contributed by atoms with E-state index in [2.05, 4.69) is 0 Å². The largest absolute Gasteiger partial charge is 0.494 e. The molecule has 1 aromatic carbocycles. The molecule has 144 valence electrons. The minimum Gasteiger partial charge on any atom is -0.399 e. The average molecular weight is 399 g/mol. The molecule has 0 saturated carbocycles. The van der Waals surface area contributed by atoms with Crippen molar-refractivity contribution in [2.24, 2.45) is 0 Å². The van der Waals surface area contributed by atoms with Gasteiger partial charge in [0.2, 0.25) is 10.0 Å². The van der Waals surface area contributed by atoms with Crippen LogP contribution in [0.2, 0.25) is 0 Å². The van der Waals surface area contributed by atoms with Gasteiger partial charge in [-0.1, -0.05) is 26.0 Å². The normalized spacial score (nSPS) is 19.0. The lowest BCUT2D eigenvalue weighted by Gasteiger charge is -2.32. The molecule has 2 rings (SSSR count). The van der Waals surface area contributed by atoms with E-state index in [0.717, 1.165) is 27.4 Å². The van der Waals surface area contributed by atoms with Crippen LogP contribution in [0.4, 0.5) is 0 Å². The molecule has 6 nitrogen and oxygen atoms in total. The topological polar surface area (TPSA) is 72.9 Å². The molecule has 0 spiro atoms. The highest BCUT2D eigenvalue weighted by Gasteiger charge is 2.51. The van der Waals surface area contributed by atoms with E-state index >= 15 is 0 Å². The fourth-order valence-electron chi connectivity index (χ4n) is 2.34. The summed E-state index contributed by atoms with van der Waals surface area (Å²) in [6.07, 6.45) is 1.03. The summed E-state index contributed by atoms with van der Waals surface area (Å²) in [5.41, 5.74) is 0.173. The Morgan fingerprint density at radius 2 is 1.54 bits per heavy atom. The van der Waals surface area contributed by atoms with Crippen LogP contribution in [0.5, 0.6) is 0 Å². The van der Waals surface area contributed by atoms with Crippen LogP contribution >= 0.6 is 11.9 Å². The maximum atomic E-state index is 12.6. The third-order valence-corrected chi connectivity index (χ3v) is 7.07. The molecule has 9 heteroatoms. The lowest BCUT2D eigenvalue weighted by atomic mass is 9.79. The minimum absolute atomic E-state index is 0.0438. The molecular formula is C17H26BNO5S2. The van der Waals surface area contributed by atoms with Gasteiger partial charge in [-0.25, -0.2) is 8.42 Å². The smallest absolute Gasteiger partial charge is 0.399 e. The van der Waals surface area contributed by atoms with Gasteiger partial charge in [0, 0.05) is 10.8 Å². The molecule has 0 aromatic heterocycles. The number of sulfonamides is 1. The Balaban J connectivity index is 2.23. The minimum atomic E-state index is -3.67. The van der Waals surface area contributed by atoms with E-state index in [1.165, 1.54) is 0 Å². The molecule has 0 unspecified atom stereocenters. The third-order valence-electron chi connectivity index (χ3n) is 4.46. The van der Waals surface area contributed by atoms with Crippen LogP contribution in [0.15, 0.2) is 24.3 Å². The number of amides is 1. The van der Waals surface area contributed by atoms with Gasteiger partial charge in [-0.15, -0.1) is 0 Å². The van der Waals surface area contributed by atoms with Crippen LogP contribution in [0.3, 0.4) is 0 Å². The molecule has 26 heavy (non-hydrogen) atoms. The van der Waals surface area contributed by atoms with E-state index in [9.17, 15) is 13.2 Å². The van der Waals surface area contributed by atoms with Gasteiger partial charge in [0.05, 0.1) is 17.5 Å². The van der Waals surface area contributed by atoms with Crippen LogP contribution in [0, 0.1) is 0 Å². The van der Waals surface area contributed by atoms with E-state index in [1.54, 1.807) is 24.3 Å². The van der Waals surface area contributed by atoms with Gasteiger partial charge in [0.25, 0.3) is 5.91 Å². The third kappa shape index (κ3) is 4.44. The monoisotopic (exact) mass is 399 g/mol. The van der Waals surface area contributed by atoms with Gasteiger partial charge in [-0.2, -0.15) is 3.71 Å². The number of nitrogens with zero attached hydrogens (tertiary/aromatic N) is 1. The standard InChI is InChI=1S/C17H26BNO5S2/c1-12(2)25-19(26(7,21)22)15(20)13-8-10-14(11-9-13)18-23-16(3,4)17(5,6)24-18/h8-12H,1-7H3. The molecule has 1 amide bonds. The highest BCUT2D eigenvalue weighted by atomic mass is 32.3. The van der Waals surface area contributed by atoms with Crippen molar-refractivity contribution in [1.82, 2.24) is 3.71 Å². The fourth-order valence-corrected chi connectivity index (χ4v) is 4.47. The second-order valence-corrected chi connectivity index (χ2v) is 11.2. The summed E-state index contributed by atoms with van der Waals surface area (Å²) in [4.78, 5) is 12.6. The zero-order valence-electron chi connectivity index (χ0n) is 16.3. The quantitative estimate of drug-likeness (QED) is 0.560. The van der Waals surface area contributed by atoms with E-state index in [1.807, 2.05) is 41.5 Å². The summed E-state index contributed by atoms with van der Waals surface area (Å²) in [6.45, 7) is 11.5. The van der Waals surface area contributed by atoms with E-state index in [4.69, 9.17) is 9.31 Å². The number of benzene rings is 1. The van der Waals surface area contributed by atoms with Crippen molar-refractivity contribution in [2.75, 3.05) is 6.26 Å². The Labute approximate surface area is 161 Å². The molecular weight excluding hydrogens is 373 g/mol. The molecule has 0 bridgehead atoms. The van der Waals surface area contributed by atoms with Crippen LogP contribution in [0.1, 0.15) is 51.9 Å². The fraction of sp³-hybridized carbons (Fsp3) is 0.588. The Morgan fingerprint density at radius 3 is 1.92 bits per heavy atom.